The monoisotopic (exact) mass is 373 g/mol. The van der Waals surface area contributed by atoms with Crippen molar-refractivity contribution in [3.63, 3.8) is 0 Å². The lowest BCUT2D eigenvalue weighted by molar-refractivity contribution is -0.180. The fraction of sp³-hybridized carbons (Fsp3) is 0.200. The number of β-lactam (4-membered cyclic amide) rings is 1. The maximum Gasteiger partial charge on any atom is 0.327 e. The van der Waals surface area contributed by atoms with Gasteiger partial charge in [-0.2, -0.15) is 0 Å². The Morgan fingerprint density at radius 1 is 1.19 bits per heavy atom. The zero-order valence-corrected chi connectivity index (χ0v) is 15.0. The van der Waals surface area contributed by atoms with Gasteiger partial charge in [0, 0.05) is 12.1 Å². The van der Waals surface area contributed by atoms with Crippen LogP contribution in [0, 0.1) is 11.2 Å². The molecule has 26 heavy (non-hydrogen) atoms. The van der Waals surface area contributed by atoms with Crippen molar-refractivity contribution >= 4 is 29.6 Å². The maximum atomic E-state index is 13.3. The van der Waals surface area contributed by atoms with Crippen molar-refractivity contribution < 1.29 is 18.7 Å². The molecule has 2 atom stereocenters. The third kappa shape index (κ3) is 2.88. The molecule has 0 saturated carbocycles. The normalized spacial score (nSPS) is 22.4. The number of carbonyl (C=O) groups excluding carboxylic acids is 2. The molecule has 1 aliphatic rings. The molecular weight excluding hydrogens is 357 g/mol. The van der Waals surface area contributed by atoms with Crippen molar-refractivity contribution in [2.75, 3.05) is 14.2 Å². The first-order valence-corrected chi connectivity index (χ1v) is 8.34. The van der Waals surface area contributed by atoms with E-state index in [-0.39, 0.29) is 11.7 Å². The van der Waals surface area contributed by atoms with Crippen LogP contribution in [-0.2, 0) is 14.3 Å². The molecule has 0 bridgehead atoms. The van der Waals surface area contributed by atoms with Crippen LogP contribution in [0.1, 0.15) is 17.2 Å². The molecule has 4 nitrogen and oxygen atoms in total. The number of halogens is 2. The van der Waals surface area contributed by atoms with Gasteiger partial charge in [0.1, 0.15) is 5.82 Å². The molecular formula is C20H17ClFNO3. The van der Waals surface area contributed by atoms with Crippen LogP contribution in [0.25, 0.3) is 6.08 Å². The highest BCUT2D eigenvalue weighted by Crippen LogP contribution is 2.51. The van der Waals surface area contributed by atoms with E-state index in [2.05, 4.69) is 0 Å². The standard InChI is InChI=1S/C20H17ClFNO3/c1-23-17(14-5-9-16(22)10-6-14)20(18(23)24,19(25)26-2)12-11-13-3-7-15(21)8-4-13/h3-12,17H,1-2H3/b12-11+/t17-,20+/m1/s1. The van der Waals surface area contributed by atoms with Gasteiger partial charge in [0.25, 0.3) is 0 Å². The van der Waals surface area contributed by atoms with Crippen molar-refractivity contribution in [1.29, 1.82) is 0 Å². The average Bonchev–Trinajstić information content (AvgIpc) is 2.66. The number of amides is 1. The van der Waals surface area contributed by atoms with E-state index in [1.165, 1.54) is 24.1 Å². The summed E-state index contributed by atoms with van der Waals surface area (Å²) in [5.41, 5.74) is -0.0430. The van der Waals surface area contributed by atoms with Crippen LogP contribution in [0.5, 0.6) is 0 Å². The minimum absolute atomic E-state index is 0.371. The van der Waals surface area contributed by atoms with Gasteiger partial charge in [0.15, 0.2) is 5.41 Å². The van der Waals surface area contributed by atoms with Crippen molar-refractivity contribution in [3.8, 4) is 0 Å². The maximum absolute atomic E-state index is 13.3. The summed E-state index contributed by atoms with van der Waals surface area (Å²) in [7, 11) is 2.85. The highest BCUT2D eigenvalue weighted by Gasteiger charge is 2.64. The molecule has 1 amide bonds. The van der Waals surface area contributed by atoms with Gasteiger partial charge in [-0.1, -0.05) is 48.0 Å². The molecule has 0 N–H and O–H groups in total. The minimum atomic E-state index is -1.49. The van der Waals surface area contributed by atoms with E-state index in [4.69, 9.17) is 16.3 Å². The van der Waals surface area contributed by atoms with Crippen molar-refractivity contribution in [3.05, 3.63) is 76.6 Å². The number of nitrogens with zero attached hydrogens (tertiary/aromatic N) is 1. The second-order valence-electron chi connectivity index (χ2n) is 6.12. The highest BCUT2D eigenvalue weighted by molar-refractivity contribution is 6.30. The largest absolute Gasteiger partial charge is 0.468 e. The van der Waals surface area contributed by atoms with Crippen molar-refractivity contribution in [2.45, 2.75) is 6.04 Å². The van der Waals surface area contributed by atoms with Gasteiger partial charge >= 0.3 is 5.97 Å². The Morgan fingerprint density at radius 3 is 2.38 bits per heavy atom. The second-order valence-corrected chi connectivity index (χ2v) is 6.55. The number of methoxy groups -OCH3 is 1. The molecule has 1 fully saturated rings. The fourth-order valence-electron chi connectivity index (χ4n) is 3.30. The predicted molar refractivity (Wildman–Crippen MR) is 96.8 cm³/mol. The van der Waals surface area contributed by atoms with Gasteiger partial charge in [0.2, 0.25) is 5.91 Å². The van der Waals surface area contributed by atoms with Gasteiger partial charge in [-0.25, -0.2) is 4.39 Å². The number of likely N-dealkylation sites (tertiary alicyclic amines) is 1. The topological polar surface area (TPSA) is 46.6 Å². The molecule has 1 heterocycles. The molecule has 1 aliphatic heterocycles. The molecule has 0 aliphatic carbocycles. The van der Waals surface area contributed by atoms with E-state index in [0.717, 1.165) is 5.56 Å². The molecule has 0 aromatic heterocycles. The SMILES string of the molecule is COC(=O)[C@]1(/C=C/c2ccc(Cl)cc2)C(=O)N(C)[C@@H]1c1ccc(F)cc1. The summed E-state index contributed by atoms with van der Waals surface area (Å²) in [6, 6.07) is 12.2. The smallest absolute Gasteiger partial charge is 0.327 e. The summed E-state index contributed by atoms with van der Waals surface area (Å²) in [4.78, 5) is 26.7. The molecule has 2 aromatic rings. The Hall–Kier alpha value is -2.66. The summed E-state index contributed by atoms with van der Waals surface area (Å²) < 4.78 is 18.2. The number of ether oxygens (including phenoxy) is 1. The zero-order chi connectivity index (χ0) is 18.9. The molecule has 6 heteroatoms. The Morgan fingerprint density at radius 2 is 1.81 bits per heavy atom. The molecule has 2 aromatic carbocycles. The number of benzene rings is 2. The third-order valence-corrected chi connectivity index (χ3v) is 4.86. The fourth-order valence-corrected chi connectivity index (χ4v) is 3.42. The number of rotatable bonds is 4. The van der Waals surface area contributed by atoms with Gasteiger partial charge in [-0.05, 0) is 35.4 Å². The van der Waals surface area contributed by atoms with Crippen LogP contribution < -0.4 is 0 Å². The van der Waals surface area contributed by atoms with E-state index < -0.39 is 17.4 Å². The quantitative estimate of drug-likeness (QED) is 0.464. The van der Waals surface area contributed by atoms with Crippen LogP contribution in [0.3, 0.4) is 0 Å². The summed E-state index contributed by atoms with van der Waals surface area (Å²) in [5, 5.41) is 0.591. The zero-order valence-electron chi connectivity index (χ0n) is 14.3. The Labute approximate surface area is 155 Å². The number of hydrogen-bond donors (Lipinski definition) is 0. The lowest BCUT2D eigenvalue weighted by Crippen LogP contribution is -2.64. The Balaban J connectivity index is 2.04. The van der Waals surface area contributed by atoms with Crippen LogP contribution in [0.2, 0.25) is 5.02 Å². The summed E-state index contributed by atoms with van der Waals surface area (Å²) >= 11 is 5.88. The molecule has 0 radical (unpaired) electrons. The molecule has 3 rings (SSSR count). The summed E-state index contributed by atoms with van der Waals surface area (Å²) in [5.74, 6) is -1.41. The van der Waals surface area contributed by atoms with Crippen LogP contribution in [0.15, 0.2) is 54.6 Å². The average molecular weight is 374 g/mol. The lowest BCUT2D eigenvalue weighted by atomic mass is 9.67. The second kappa shape index (κ2) is 6.92. The first-order valence-electron chi connectivity index (χ1n) is 7.96. The first-order chi connectivity index (χ1) is 12.4. The van der Waals surface area contributed by atoms with E-state index in [1.54, 1.807) is 55.6 Å². The molecule has 0 unspecified atom stereocenters. The number of hydrogen-bond acceptors (Lipinski definition) is 3. The Bertz CT molecular complexity index is 854. The molecule has 1 saturated heterocycles. The van der Waals surface area contributed by atoms with Crippen LogP contribution in [0.4, 0.5) is 4.39 Å². The van der Waals surface area contributed by atoms with E-state index in [1.807, 2.05) is 0 Å². The van der Waals surface area contributed by atoms with Gasteiger partial charge in [-0.3, -0.25) is 9.59 Å². The van der Waals surface area contributed by atoms with Crippen molar-refractivity contribution in [1.82, 2.24) is 4.90 Å². The van der Waals surface area contributed by atoms with Gasteiger partial charge in [0.05, 0.1) is 13.2 Å². The Kier molecular flexibility index (Phi) is 4.83. The molecule has 134 valence electrons. The van der Waals surface area contributed by atoms with Crippen LogP contribution >= 0.6 is 11.6 Å². The van der Waals surface area contributed by atoms with E-state index in [9.17, 15) is 14.0 Å². The van der Waals surface area contributed by atoms with E-state index >= 15 is 0 Å². The first kappa shape index (κ1) is 18.1. The number of carbonyl (C=O) groups is 2. The minimum Gasteiger partial charge on any atom is -0.468 e. The van der Waals surface area contributed by atoms with Gasteiger partial charge < -0.3 is 9.64 Å². The lowest BCUT2D eigenvalue weighted by Gasteiger charge is -2.51. The summed E-state index contributed by atoms with van der Waals surface area (Å²) in [6.07, 6.45) is 3.24. The highest BCUT2D eigenvalue weighted by atomic mass is 35.5. The van der Waals surface area contributed by atoms with Gasteiger partial charge in [-0.15, -0.1) is 0 Å². The van der Waals surface area contributed by atoms with Crippen molar-refractivity contribution in [2.24, 2.45) is 5.41 Å². The number of esters is 1. The predicted octanol–water partition coefficient (Wildman–Crippen LogP) is 3.87. The van der Waals surface area contributed by atoms with E-state index in [0.29, 0.717) is 10.6 Å². The van der Waals surface area contributed by atoms with Crippen LogP contribution in [-0.4, -0.2) is 30.9 Å². The summed E-state index contributed by atoms with van der Waals surface area (Å²) in [6.45, 7) is 0. The third-order valence-electron chi connectivity index (χ3n) is 4.61. The molecule has 0 spiro atoms.